The minimum Gasteiger partial charge on any atom is -0.494 e. The van der Waals surface area contributed by atoms with Crippen LogP contribution in [0.5, 0.6) is 5.75 Å². The van der Waals surface area contributed by atoms with E-state index in [0.717, 1.165) is 19.3 Å². The number of ether oxygens (including phenoxy) is 1. The lowest BCUT2D eigenvalue weighted by molar-refractivity contribution is -0.134. The Kier molecular flexibility index (Phi) is 5.82. The van der Waals surface area contributed by atoms with E-state index in [4.69, 9.17) is 4.74 Å². The molecule has 1 aliphatic heterocycles. The number of likely N-dealkylation sites (tertiary alicyclic amines) is 1. The number of amides is 2. The van der Waals surface area contributed by atoms with Crippen LogP contribution in [0.15, 0.2) is 23.6 Å². The van der Waals surface area contributed by atoms with Crippen molar-refractivity contribution < 1.29 is 18.7 Å². The summed E-state index contributed by atoms with van der Waals surface area (Å²) in [5.74, 6) is -0.559. The van der Waals surface area contributed by atoms with Crippen LogP contribution in [-0.4, -0.2) is 41.9 Å². The maximum absolute atomic E-state index is 13.8. The molecule has 2 aromatic rings. The van der Waals surface area contributed by atoms with E-state index < -0.39 is 5.82 Å². The van der Waals surface area contributed by atoms with E-state index in [1.807, 2.05) is 0 Å². The molecule has 3 rings (SSSR count). The number of nitrogens with zero attached hydrogens (tertiary/aromatic N) is 2. The number of methoxy groups -OCH3 is 1. The van der Waals surface area contributed by atoms with Crippen molar-refractivity contribution in [2.75, 3.05) is 25.5 Å². The number of rotatable bonds is 5. The number of thiazole rings is 1. The van der Waals surface area contributed by atoms with Crippen LogP contribution in [0.2, 0.25) is 0 Å². The number of carbonyl (C=O) groups is 2. The Labute approximate surface area is 155 Å². The highest BCUT2D eigenvalue weighted by atomic mass is 32.1. The second kappa shape index (κ2) is 8.27. The molecule has 0 atom stereocenters. The van der Waals surface area contributed by atoms with Crippen molar-refractivity contribution in [2.45, 2.75) is 25.7 Å². The van der Waals surface area contributed by atoms with Gasteiger partial charge in [-0.15, -0.1) is 11.3 Å². The first-order valence-corrected chi connectivity index (χ1v) is 9.32. The lowest BCUT2D eigenvalue weighted by atomic mass is 10.1. The highest BCUT2D eigenvalue weighted by Crippen LogP contribution is 2.28. The number of halogens is 1. The standard InChI is InChI=1S/C18H20FN3O3S/c1-25-15-7-6-12(9-13(15)19)14-11-26-18(20-14)21-16(23)10-22-8-4-2-3-5-17(22)24/h6-7,9,11H,2-5,8,10H2,1H3,(H,20,21,23). The van der Waals surface area contributed by atoms with Gasteiger partial charge < -0.3 is 15.0 Å². The van der Waals surface area contributed by atoms with Crippen LogP contribution in [0.1, 0.15) is 25.7 Å². The largest absolute Gasteiger partial charge is 0.494 e. The van der Waals surface area contributed by atoms with Crippen LogP contribution in [0, 0.1) is 5.82 Å². The van der Waals surface area contributed by atoms with Gasteiger partial charge in [-0.3, -0.25) is 9.59 Å². The van der Waals surface area contributed by atoms with Gasteiger partial charge in [-0.25, -0.2) is 9.37 Å². The first kappa shape index (κ1) is 18.3. The average Bonchev–Trinajstić information content (AvgIpc) is 2.99. The van der Waals surface area contributed by atoms with E-state index in [1.165, 1.54) is 30.6 Å². The average molecular weight is 377 g/mol. The molecule has 26 heavy (non-hydrogen) atoms. The van der Waals surface area contributed by atoms with Gasteiger partial charge in [0.15, 0.2) is 16.7 Å². The number of aromatic nitrogens is 1. The molecule has 2 heterocycles. The van der Waals surface area contributed by atoms with Gasteiger partial charge in [-0.05, 0) is 31.0 Å². The molecular weight excluding hydrogens is 357 g/mol. The van der Waals surface area contributed by atoms with Crippen molar-refractivity contribution in [3.05, 3.63) is 29.4 Å². The number of hydrogen-bond donors (Lipinski definition) is 1. The van der Waals surface area contributed by atoms with E-state index in [9.17, 15) is 14.0 Å². The second-order valence-corrected chi connectivity index (χ2v) is 6.92. The molecular formula is C18H20FN3O3S. The van der Waals surface area contributed by atoms with E-state index in [0.29, 0.717) is 29.4 Å². The van der Waals surface area contributed by atoms with Crippen molar-refractivity contribution in [2.24, 2.45) is 0 Å². The highest BCUT2D eigenvalue weighted by Gasteiger charge is 2.20. The zero-order chi connectivity index (χ0) is 18.5. The summed E-state index contributed by atoms with van der Waals surface area (Å²) in [5, 5.41) is 4.88. The molecule has 0 saturated carbocycles. The summed E-state index contributed by atoms with van der Waals surface area (Å²) in [6.07, 6.45) is 3.31. The number of benzene rings is 1. The molecule has 1 aliphatic rings. The molecule has 1 N–H and O–H groups in total. The van der Waals surface area contributed by atoms with Gasteiger partial charge in [0.25, 0.3) is 0 Å². The lowest BCUT2D eigenvalue weighted by Gasteiger charge is -2.19. The summed E-state index contributed by atoms with van der Waals surface area (Å²) >= 11 is 1.26. The summed E-state index contributed by atoms with van der Waals surface area (Å²) in [4.78, 5) is 30.1. The van der Waals surface area contributed by atoms with Gasteiger partial charge in [0.2, 0.25) is 11.8 Å². The summed E-state index contributed by atoms with van der Waals surface area (Å²) < 4.78 is 18.7. The molecule has 0 bridgehead atoms. The topological polar surface area (TPSA) is 71.5 Å². The Morgan fingerprint density at radius 2 is 2.23 bits per heavy atom. The lowest BCUT2D eigenvalue weighted by Crippen LogP contribution is -2.37. The number of nitrogens with one attached hydrogen (secondary N) is 1. The molecule has 1 aromatic carbocycles. The SMILES string of the molecule is COc1ccc(-c2csc(NC(=O)CN3CCCCCC3=O)n2)cc1F. The zero-order valence-electron chi connectivity index (χ0n) is 14.5. The molecule has 0 spiro atoms. The van der Waals surface area contributed by atoms with Crippen molar-refractivity contribution >= 4 is 28.3 Å². The van der Waals surface area contributed by atoms with Crippen molar-refractivity contribution in [3.8, 4) is 17.0 Å². The van der Waals surface area contributed by atoms with Crippen LogP contribution in [-0.2, 0) is 9.59 Å². The molecule has 0 radical (unpaired) electrons. The molecule has 6 nitrogen and oxygen atoms in total. The minimum absolute atomic E-state index is 0.0196. The predicted molar refractivity (Wildman–Crippen MR) is 97.7 cm³/mol. The van der Waals surface area contributed by atoms with Crippen molar-refractivity contribution in [3.63, 3.8) is 0 Å². The minimum atomic E-state index is -0.469. The Morgan fingerprint density at radius 1 is 1.38 bits per heavy atom. The quantitative estimate of drug-likeness (QED) is 0.868. The molecule has 2 amide bonds. The maximum atomic E-state index is 13.8. The van der Waals surface area contributed by atoms with E-state index in [-0.39, 0.29) is 24.1 Å². The van der Waals surface area contributed by atoms with Crippen molar-refractivity contribution in [1.29, 1.82) is 0 Å². The fourth-order valence-corrected chi connectivity index (χ4v) is 3.56. The number of hydrogen-bond acceptors (Lipinski definition) is 5. The van der Waals surface area contributed by atoms with Crippen LogP contribution in [0.3, 0.4) is 0 Å². The van der Waals surface area contributed by atoms with Crippen LogP contribution < -0.4 is 10.1 Å². The molecule has 0 unspecified atom stereocenters. The Morgan fingerprint density at radius 3 is 3.00 bits per heavy atom. The first-order valence-electron chi connectivity index (χ1n) is 8.44. The molecule has 0 aliphatic carbocycles. The van der Waals surface area contributed by atoms with Crippen LogP contribution in [0.25, 0.3) is 11.3 Å². The van der Waals surface area contributed by atoms with Gasteiger partial charge in [-0.2, -0.15) is 0 Å². The third kappa shape index (κ3) is 4.37. The van der Waals surface area contributed by atoms with Gasteiger partial charge in [0.1, 0.15) is 0 Å². The molecule has 1 saturated heterocycles. The predicted octanol–water partition coefficient (Wildman–Crippen LogP) is 3.30. The number of carbonyl (C=O) groups excluding carboxylic acids is 2. The normalized spacial score (nSPS) is 14.8. The smallest absolute Gasteiger partial charge is 0.245 e. The Hall–Kier alpha value is -2.48. The fraction of sp³-hybridized carbons (Fsp3) is 0.389. The first-order chi connectivity index (χ1) is 12.6. The summed E-state index contributed by atoms with van der Waals surface area (Å²) in [6.45, 7) is 0.644. The molecule has 1 aromatic heterocycles. The highest BCUT2D eigenvalue weighted by molar-refractivity contribution is 7.14. The number of anilines is 1. The molecule has 8 heteroatoms. The Balaban J connectivity index is 1.63. The van der Waals surface area contributed by atoms with Crippen LogP contribution >= 0.6 is 11.3 Å². The van der Waals surface area contributed by atoms with Gasteiger partial charge in [0, 0.05) is 23.9 Å². The monoisotopic (exact) mass is 377 g/mol. The van der Waals surface area contributed by atoms with E-state index in [1.54, 1.807) is 16.3 Å². The zero-order valence-corrected chi connectivity index (χ0v) is 15.3. The second-order valence-electron chi connectivity index (χ2n) is 6.06. The van der Waals surface area contributed by atoms with E-state index in [2.05, 4.69) is 10.3 Å². The molecule has 138 valence electrons. The Bertz CT molecular complexity index is 809. The summed E-state index contributed by atoms with van der Waals surface area (Å²) in [7, 11) is 1.41. The van der Waals surface area contributed by atoms with Gasteiger partial charge >= 0.3 is 0 Å². The molecule has 1 fully saturated rings. The van der Waals surface area contributed by atoms with E-state index >= 15 is 0 Å². The van der Waals surface area contributed by atoms with Gasteiger partial charge in [-0.1, -0.05) is 6.42 Å². The summed E-state index contributed by atoms with van der Waals surface area (Å²) in [6, 6.07) is 4.58. The van der Waals surface area contributed by atoms with Gasteiger partial charge in [0.05, 0.1) is 19.3 Å². The fourth-order valence-electron chi connectivity index (χ4n) is 2.83. The third-order valence-corrected chi connectivity index (χ3v) is 4.96. The maximum Gasteiger partial charge on any atom is 0.245 e. The summed E-state index contributed by atoms with van der Waals surface area (Å²) in [5.41, 5.74) is 1.17. The third-order valence-electron chi connectivity index (χ3n) is 4.20. The van der Waals surface area contributed by atoms with Crippen molar-refractivity contribution in [1.82, 2.24) is 9.88 Å². The van der Waals surface area contributed by atoms with Crippen LogP contribution in [0.4, 0.5) is 9.52 Å².